The van der Waals surface area contributed by atoms with E-state index in [1.54, 1.807) is 5.57 Å². The Kier molecular flexibility index (Phi) is 2.34. The lowest BCUT2D eigenvalue weighted by Crippen LogP contribution is -2.00. The van der Waals surface area contributed by atoms with Crippen molar-refractivity contribution in [2.75, 3.05) is 0 Å². The number of Topliss-reactive ketones (excluding diaryl/α,β-unsaturated/α-hetero) is 1. The molecule has 2 rings (SSSR count). The highest BCUT2D eigenvalue weighted by Gasteiger charge is 2.19. The van der Waals surface area contributed by atoms with Crippen LogP contribution in [0.15, 0.2) is 23.3 Å². The fourth-order valence-corrected chi connectivity index (χ4v) is 2.29. The number of allylic oxidation sites excluding steroid dienone is 3. The molecule has 0 spiro atoms. The van der Waals surface area contributed by atoms with Gasteiger partial charge in [0.05, 0.1) is 0 Å². The molecule has 0 saturated carbocycles. The smallest absolute Gasteiger partial charge is 0.133 e. The maximum Gasteiger partial charge on any atom is 0.133 e. The zero-order valence-corrected chi connectivity index (χ0v) is 8.07. The summed E-state index contributed by atoms with van der Waals surface area (Å²) < 4.78 is 0. The molecule has 70 valence electrons. The Labute approximate surface area is 79.5 Å². The van der Waals surface area contributed by atoms with Crippen molar-refractivity contribution in [2.24, 2.45) is 0 Å². The molecule has 0 unspecified atom stereocenters. The molecule has 2 aliphatic rings. The summed E-state index contributed by atoms with van der Waals surface area (Å²) in [6, 6.07) is 0. The van der Waals surface area contributed by atoms with Gasteiger partial charge in [-0.05, 0) is 32.1 Å². The van der Waals surface area contributed by atoms with Gasteiger partial charge in [0.1, 0.15) is 5.78 Å². The van der Waals surface area contributed by atoms with Gasteiger partial charge >= 0.3 is 0 Å². The molecule has 1 heteroatoms. The molecular formula is C12H16O. The van der Waals surface area contributed by atoms with Crippen LogP contribution in [0.5, 0.6) is 0 Å². The van der Waals surface area contributed by atoms with Crippen LogP contribution in [0, 0.1) is 0 Å². The number of rotatable bonds is 0. The van der Waals surface area contributed by atoms with E-state index in [0.717, 1.165) is 38.5 Å². The summed E-state index contributed by atoms with van der Waals surface area (Å²) >= 11 is 0. The van der Waals surface area contributed by atoms with Gasteiger partial charge in [-0.2, -0.15) is 0 Å². The Balaban J connectivity index is 2.16. The van der Waals surface area contributed by atoms with Gasteiger partial charge in [0.25, 0.3) is 0 Å². The van der Waals surface area contributed by atoms with Gasteiger partial charge in [-0.3, -0.25) is 4.79 Å². The van der Waals surface area contributed by atoms with E-state index in [0.29, 0.717) is 5.78 Å². The third-order valence-electron chi connectivity index (χ3n) is 3.15. The van der Waals surface area contributed by atoms with Gasteiger partial charge in [0, 0.05) is 12.8 Å². The average Bonchev–Trinajstić information content (AvgIpc) is 2.29. The number of hydrogen-bond donors (Lipinski definition) is 0. The van der Waals surface area contributed by atoms with E-state index in [2.05, 4.69) is 6.58 Å². The minimum Gasteiger partial charge on any atom is -0.300 e. The maximum absolute atomic E-state index is 11.3. The summed E-state index contributed by atoms with van der Waals surface area (Å²) in [4.78, 5) is 11.3. The average molecular weight is 176 g/mol. The molecule has 2 aliphatic carbocycles. The molecular weight excluding hydrogens is 160 g/mol. The first kappa shape index (κ1) is 8.74. The predicted molar refractivity (Wildman–Crippen MR) is 53.5 cm³/mol. The summed E-state index contributed by atoms with van der Waals surface area (Å²) in [7, 11) is 0. The molecule has 0 bridgehead atoms. The number of carbonyl (C=O) groups excluding carboxylic acids is 1. The first-order valence-electron chi connectivity index (χ1n) is 5.14. The molecule has 0 heterocycles. The number of ketones is 1. The highest BCUT2D eigenvalue weighted by atomic mass is 16.1. The zero-order chi connectivity index (χ0) is 9.26. The van der Waals surface area contributed by atoms with E-state index in [4.69, 9.17) is 0 Å². The molecule has 0 saturated heterocycles. The van der Waals surface area contributed by atoms with Crippen LogP contribution in [0.25, 0.3) is 0 Å². The van der Waals surface area contributed by atoms with Crippen molar-refractivity contribution in [1.82, 2.24) is 0 Å². The highest BCUT2D eigenvalue weighted by molar-refractivity contribution is 5.79. The lowest BCUT2D eigenvalue weighted by Gasteiger charge is -2.19. The highest BCUT2D eigenvalue weighted by Crippen LogP contribution is 2.35. The van der Waals surface area contributed by atoms with Crippen molar-refractivity contribution in [3.63, 3.8) is 0 Å². The molecule has 0 aliphatic heterocycles. The van der Waals surface area contributed by atoms with E-state index in [1.807, 2.05) is 0 Å². The SMILES string of the molecule is C=C1CCC2=C(CCC(=O)CC2)C1. The Morgan fingerprint density at radius 1 is 0.846 bits per heavy atom. The molecule has 0 aromatic rings. The number of hydrogen-bond acceptors (Lipinski definition) is 1. The minimum absolute atomic E-state index is 0.444. The summed E-state index contributed by atoms with van der Waals surface area (Å²) in [6.07, 6.45) is 6.98. The van der Waals surface area contributed by atoms with Crippen molar-refractivity contribution in [3.8, 4) is 0 Å². The second kappa shape index (κ2) is 3.49. The third kappa shape index (κ3) is 1.90. The molecule has 0 radical (unpaired) electrons. The molecule has 0 amide bonds. The molecule has 0 aromatic carbocycles. The van der Waals surface area contributed by atoms with Crippen LogP contribution in [0.1, 0.15) is 44.9 Å². The van der Waals surface area contributed by atoms with Gasteiger partial charge in [-0.1, -0.05) is 23.3 Å². The van der Waals surface area contributed by atoms with Crippen LogP contribution in [0.4, 0.5) is 0 Å². The monoisotopic (exact) mass is 176 g/mol. The van der Waals surface area contributed by atoms with E-state index in [-0.39, 0.29) is 0 Å². The Morgan fingerprint density at radius 2 is 1.46 bits per heavy atom. The van der Waals surface area contributed by atoms with Crippen molar-refractivity contribution in [1.29, 1.82) is 0 Å². The first-order chi connectivity index (χ1) is 6.25. The van der Waals surface area contributed by atoms with Gasteiger partial charge in [-0.25, -0.2) is 0 Å². The summed E-state index contributed by atoms with van der Waals surface area (Å²) in [5.74, 6) is 0.444. The van der Waals surface area contributed by atoms with E-state index < -0.39 is 0 Å². The van der Waals surface area contributed by atoms with E-state index >= 15 is 0 Å². The second-order valence-corrected chi connectivity index (χ2v) is 4.17. The molecule has 0 fully saturated rings. The van der Waals surface area contributed by atoms with Crippen LogP contribution >= 0.6 is 0 Å². The van der Waals surface area contributed by atoms with Crippen molar-refractivity contribution >= 4 is 5.78 Å². The summed E-state index contributed by atoms with van der Waals surface area (Å²) in [5, 5.41) is 0. The zero-order valence-electron chi connectivity index (χ0n) is 8.07. The van der Waals surface area contributed by atoms with Crippen LogP contribution in [0.3, 0.4) is 0 Å². The van der Waals surface area contributed by atoms with Gasteiger partial charge in [-0.15, -0.1) is 0 Å². The van der Waals surface area contributed by atoms with Crippen molar-refractivity contribution in [3.05, 3.63) is 23.3 Å². The maximum atomic E-state index is 11.3. The van der Waals surface area contributed by atoms with Crippen molar-refractivity contribution < 1.29 is 4.79 Å². The third-order valence-corrected chi connectivity index (χ3v) is 3.15. The fourth-order valence-electron chi connectivity index (χ4n) is 2.29. The minimum atomic E-state index is 0.444. The topological polar surface area (TPSA) is 17.1 Å². The van der Waals surface area contributed by atoms with Crippen LogP contribution in [-0.2, 0) is 4.79 Å². The molecule has 0 atom stereocenters. The lowest BCUT2D eigenvalue weighted by molar-refractivity contribution is -0.118. The molecule has 13 heavy (non-hydrogen) atoms. The Morgan fingerprint density at radius 3 is 2.23 bits per heavy atom. The Bertz CT molecular complexity index is 283. The van der Waals surface area contributed by atoms with Gasteiger partial charge in [0.15, 0.2) is 0 Å². The quantitative estimate of drug-likeness (QED) is 0.518. The fraction of sp³-hybridized carbons (Fsp3) is 0.583. The van der Waals surface area contributed by atoms with Crippen LogP contribution in [0.2, 0.25) is 0 Å². The van der Waals surface area contributed by atoms with Crippen molar-refractivity contribution in [2.45, 2.75) is 44.9 Å². The standard InChI is InChI=1S/C12H16O/c1-9-2-3-10-4-6-12(13)7-5-11(10)8-9/h1-8H2. The summed E-state index contributed by atoms with van der Waals surface area (Å²) in [6.45, 7) is 4.04. The Hall–Kier alpha value is -0.850. The normalized spacial score (nSPS) is 24.3. The summed E-state index contributed by atoms with van der Waals surface area (Å²) in [5.41, 5.74) is 4.45. The second-order valence-electron chi connectivity index (χ2n) is 4.17. The van der Waals surface area contributed by atoms with E-state index in [1.165, 1.54) is 17.6 Å². The molecule has 1 nitrogen and oxygen atoms in total. The predicted octanol–water partition coefficient (Wildman–Crippen LogP) is 3.17. The van der Waals surface area contributed by atoms with Gasteiger partial charge in [0.2, 0.25) is 0 Å². The molecule has 0 N–H and O–H groups in total. The molecule has 0 aromatic heterocycles. The van der Waals surface area contributed by atoms with E-state index in [9.17, 15) is 4.79 Å². The number of carbonyl (C=O) groups is 1. The van der Waals surface area contributed by atoms with Gasteiger partial charge < -0.3 is 0 Å². The lowest BCUT2D eigenvalue weighted by atomic mass is 9.86. The largest absolute Gasteiger partial charge is 0.300 e. The first-order valence-corrected chi connectivity index (χ1v) is 5.14. The van der Waals surface area contributed by atoms with Crippen LogP contribution in [-0.4, -0.2) is 5.78 Å². The van der Waals surface area contributed by atoms with Crippen LogP contribution < -0.4 is 0 Å².